The van der Waals surface area contributed by atoms with Crippen molar-refractivity contribution >= 4 is 0 Å². The topological polar surface area (TPSA) is 140 Å². The van der Waals surface area contributed by atoms with Crippen molar-refractivity contribution in [1.29, 1.82) is 0 Å². The molecule has 1 saturated heterocycles. The zero-order valence-corrected chi connectivity index (χ0v) is 15.7. The van der Waals surface area contributed by atoms with Crippen molar-refractivity contribution in [2.75, 3.05) is 13.2 Å². The standard InChI is InChI=1S/C20H28O8/c1-2-3-4-5-7-10-14(23)15(11-8-6-9-12-21)27-20-19(26)18(25)17(24)16(13-22)28-20/h2-3,8,11,14-26H,6,9,12-13H2,1H3/b3-2+,11-8+/t14-,15-,16+,17+,18-,19+,20+/m0/s1. The van der Waals surface area contributed by atoms with Gasteiger partial charge in [-0.1, -0.05) is 30.1 Å². The first-order chi connectivity index (χ1) is 13.5. The van der Waals surface area contributed by atoms with Crippen molar-refractivity contribution < 1.29 is 40.1 Å². The van der Waals surface area contributed by atoms with E-state index < -0.39 is 49.5 Å². The largest absolute Gasteiger partial charge is 0.396 e. The van der Waals surface area contributed by atoms with E-state index in [-0.39, 0.29) is 6.61 Å². The first-order valence-corrected chi connectivity index (χ1v) is 9.00. The molecule has 0 bridgehead atoms. The summed E-state index contributed by atoms with van der Waals surface area (Å²) >= 11 is 0. The Morgan fingerprint density at radius 3 is 2.50 bits per heavy atom. The van der Waals surface area contributed by atoms with Crippen LogP contribution in [-0.4, -0.2) is 86.8 Å². The summed E-state index contributed by atoms with van der Waals surface area (Å²) < 4.78 is 10.9. The van der Waals surface area contributed by atoms with E-state index in [9.17, 15) is 25.5 Å². The summed E-state index contributed by atoms with van der Waals surface area (Å²) in [6.07, 6.45) is -2.07. The van der Waals surface area contributed by atoms with Crippen LogP contribution >= 0.6 is 0 Å². The molecule has 1 aliphatic rings. The van der Waals surface area contributed by atoms with Crippen LogP contribution in [-0.2, 0) is 9.47 Å². The van der Waals surface area contributed by atoms with E-state index in [4.69, 9.17) is 14.6 Å². The van der Waals surface area contributed by atoms with E-state index in [2.05, 4.69) is 23.7 Å². The lowest BCUT2D eigenvalue weighted by Crippen LogP contribution is -2.60. The van der Waals surface area contributed by atoms with Gasteiger partial charge in [0.1, 0.15) is 36.6 Å². The van der Waals surface area contributed by atoms with Crippen molar-refractivity contribution in [3.05, 3.63) is 24.3 Å². The van der Waals surface area contributed by atoms with Crippen LogP contribution in [0, 0.1) is 23.7 Å². The van der Waals surface area contributed by atoms with Crippen molar-refractivity contribution in [1.82, 2.24) is 0 Å². The van der Waals surface area contributed by atoms with Crippen molar-refractivity contribution in [3.8, 4) is 23.7 Å². The van der Waals surface area contributed by atoms with Crippen molar-refractivity contribution in [2.24, 2.45) is 0 Å². The maximum absolute atomic E-state index is 10.3. The number of ether oxygens (including phenoxy) is 2. The smallest absolute Gasteiger partial charge is 0.187 e. The second-order valence-electron chi connectivity index (χ2n) is 6.08. The highest BCUT2D eigenvalue weighted by Crippen LogP contribution is 2.23. The zero-order chi connectivity index (χ0) is 20.9. The normalized spacial score (nSPS) is 29.8. The highest BCUT2D eigenvalue weighted by molar-refractivity contribution is 5.32. The van der Waals surface area contributed by atoms with Crippen LogP contribution in [0.4, 0.5) is 0 Å². The molecule has 1 rings (SSSR count). The summed E-state index contributed by atoms with van der Waals surface area (Å²) in [5.41, 5.74) is 0. The molecule has 0 aromatic heterocycles. The number of hydrogen-bond donors (Lipinski definition) is 6. The molecule has 1 heterocycles. The van der Waals surface area contributed by atoms with Crippen LogP contribution in [0.5, 0.6) is 0 Å². The Bertz CT molecular complexity index is 622. The van der Waals surface area contributed by atoms with Crippen molar-refractivity contribution in [3.63, 3.8) is 0 Å². The highest BCUT2D eigenvalue weighted by atomic mass is 16.7. The molecule has 0 radical (unpaired) electrons. The summed E-state index contributed by atoms with van der Waals surface area (Å²) in [5.74, 6) is 10.2. The summed E-state index contributed by atoms with van der Waals surface area (Å²) in [7, 11) is 0. The fourth-order valence-corrected chi connectivity index (χ4v) is 2.35. The summed E-state index contributed by atoms with van der Waals surface area (Å²) in [5, 5.41) is 58.2. The molecule has 0 amide bonds. The SMILES string of the molecule is C/C=C/C#CC#C[C@H](O)[C@H](/C=C/CCCO)O[C@@H]1O[C@H](CO)[C@@H](O)[C@H](O)[C@H]1O. The average molecular weight is 396 g/mol. The fraction of sp³-hybridized carbons (Fsp3) is 0.600. The summed E-state index contributed by atoms with van der Waals surface area (Å²) in [6, 6.07) is 0. The molecule has 0 unspecified atom stereocenters. The molecular formula is C20H28O8. The van der Waals surface area contributed by atoms with Gasteiger partial charge in [-0.2, -0.15) is 0 Å². The molecule has 1 aliphatic heterocycles. The second kappa shape index (κ2) is 13.5. The molecule has 8 heteroatoms. The van der Waals surface area contributed by atoms with Gasteiger partial charge in [-0.15, -0.1) is 0 Å². The third kappa shape index (κ3) is 7.72. The molecular weight excluding hydrogens is 368 g/mol. The van der Waals surface area contributed by atoms with Gasteiger partial charge in [-0.05, 0) is 37.7 Å². The number of aliphatic hydroxyl groups excluding tert-OH is 6. The van der Waals surface area contributed by atoms with Crippen LogP contribution < -0.4 is 0 Å². The van der Waals surface area contributed by atoms with E-state index in [1.807, 2.05) is 0 Å². The summed E-state index contributed by atoms with van der Waals surface area (Å²) in [6.45, 7) is 1.22. The average Bonchev–Trinajstić information content (AvgIpc) is 2.69. The Balaban J connectivity index is 2.92. The van der Waals surface area contributed by atoms with Gasteiger partial charge in [-0.25, -0.2) is 0 Å². The molecule has 0 saturated carbocycles. The van der Waals surface area contributed by atoms with Gasteiger partial charge in [0.25, 0.3) is 0 Å². The van der Waals surface area contributed by atoms with Crippen molar-refractivity contribution in [2.45, 2.75) is 62.7 Å². The van der Waals surface area contributed by atoms with Gasteiger partial charge in [0, 0.05) is 6.61 Å². The quantitative estimate of drug-likeness (QED) is 0.165. The molecule has 0 spiro atoms. The molecule has 7 atom stereocenters. The minimum atomic E-state index is -1.60. The maximum atomic E-state index is 10.3. The monoisotopic (exact) mass is 396 g/mol. The molecule has 6 N–H and O–H groups in total. The van der Waals surface area contributed by atoms with Gasteiger partial charge < -0.3 is 40.1 Å². The zero-order valence-electron chi connectivity index (χ0n) is 15.7. The fourth-order valence-electron chi connectivity index (χ4n) is 2.35. The molecule has 28 heavy (non-hydrogen) atoms. The van der Waals surface area contributed by atoms with Gasteiger partial charge in [0.2, 0.25) is 0 Å². The van der Waals surface area contributed by atoms with Gasteiger partial charge >= 0.3 is 0 Å². The first kappa shape index (κ1) is 24.3. The molecule has 8 nitrogen and oxygen atoms in total. The molecule has 0 aliphatic carbocycles. The Morgan fingerprint density at radius 2 is 1.86 bits per heavy atom. The second-order valence-corrected chi connectivity index (χ2v) is 6.08. The number of hydrogen-bond acceptors (Lipinski definition) is 8. The highest BCUT2D eigenvalue weighted by Gasteiger charge is 2.45. The third-order valence-electron chi connectivity index (χ3n) is 3.91. The van der Waals surface area contributed by atoms with Crippen LogP contribution in [0.25, 0.3) is 0 Å². The number of rotatable bonds is 8. The Labute approximate surface area is 164 Å². The Morgan fingerprint density at radius 1 is 1.11 bits per heavy atom. The lowest BCUT2D eigenvalue weighted by Gasteiger charge is -2.40. The van der Waals surface area contributed by atoms with Gasteiger partial charge in [0.15, 0.2) is 6.29 Å². The predicted molar refractivity (Wildman–Crippen MR) is 100 cm³/mol. The number of unbranched alkanes of at least 4 members (excludes halogenated alkanes) is 1. The van der Waals surface area contributed by atoms with E-state index in [1.54, 1.807) is 25.2 Å². The lowest BCUT2D eigenvalue weighted by atomic mass is 9.99. The summed E-state index contributed by atoms with van der Waals surface area (Å²) in [4.78, 5) is 0. The van der Waals surface area contributed by atoms with Gasteiger partial charge in [0.05, 0.1) is 6.61 Å². The Hall–Kier alpha value is -1.72. The first-order valence-electron chi connectivity index (χ1n) is 9.00. The minimum Gasteiger partial charge on any atom is -0.396 e. The van der Waals surface area contributed by atoms with Crippen LogP contribution in [0.15, 0.2) is 24.3 Å². The van der Waals surface area contributed by atoms with Crippen LogP contribution in [0.2, 0.25) is 0 Å². The third-order valence-corrected chi connectivity index (χ3v) is 3.91. The molecule has 1 fully saturated rings. The molecule has 156 valence electrons. The van der Waals surface area contributed by atoms with E-state index in [0.717, 1.165) is 0 Å². The lowest BCUT2D eigenvalue weighted by molar-refractivity contribution is -0.311. The van der Waals surface area contributed by atoms with Crippen LogP contribution in [0.3, 0.4) is 0 Å². The van der Waals surface area contributed by atoms with E-state index in [1.165, 1.54) is 6.08 Å². The maximum Gasteiger partial charge on any atom is 0.187 e. The van der Waals surface area contributed by atoms with E-state index in [0.29, 0.717) is 12.8 Å². The number of allylic oxidation sites excluding steroid dienone is 3. The van der Waals surface area contributed by atoms with E-state index >= 15 is 0 Å². The molecule has 0 aromatic carbocycles. The minimum absolute atomic E-state index is 0.00543. The molecule has 0 aromatic rings. The van der Waals surface area contributed by atoms with Gasteiger partial charge in [-0.3, -0.25) is 0 Å². The Kier molecular flexibility index (Phi) is 11.7. The predicted octanol–water partition coefficient (Wildman–Crippen LogP) is -1.56. The number of aliphatic hydroxyl groups is 6. The van der Waals surface area contributed by atoms with Crippen LogP contribution in [0.1, 0.15) is 19.8 Å².